The van der Waals surface area contributed by atoms with Gasteiger partial charge in [-0.15, -0.1) is 0 Å². The number of nitrogens with zero attached hydrogens (tertiary/aromatic N) is 1. The number of carbonyl (C=O) groups is 2. The molecule has 0 saturated carbocycles. The van der Waals surface area contributed by atoms with Gasteiger partial charge in [-0.2, -0.15) is 0 Å². The highest BCUT2D eigenvalue weighted by Crippen LogP contribution is 2.42. The van der Waals surface area contributed by atoms with Crippen LogP contribution in [0.4, 0.5) is 0 Å². The van der Waals surface area contributed by atoms with Crippen molar-refractivity contribution in [3.63, 3.8) is 0 Å². The first-order valence-electron chi connectivity index (χ1n) is 11.5. The first kappa shape index (κ1) is 26.1. The number of amides is 1. The number of methoxy groups -OCH3 is 2. The van der Waals surface area contributed by atoms with Crippen molar-refractivity contribution >= 4 is 17.4 Å². The third-order valence-corrected chi connectivity index (χ3v) is 5.96. The lowest BCUT2D eigenvalue weighted by molar-refractivity contribution is -0.140. The van der Waals surface area contributed by atoms with Crippen molar-refractivity contribution < 1.29 is 34.0 Å². The monoisotopic (exact) mass is 483 g/mol. The molecule has 1 aliphatic rings. The highest BCUT2D eigenvalue weighted by Gasteiger charge is 2.46. The molecule has 2 N–H and O–H groups in total. The first-order valence-corrected chi connectivity index (χ1v) is 11.5. The molecule has 0 bridgehead atoms. The van der Waals surface area contributed by atoms with Gasteiger partial charge < -0.3 is 29.3 Å². The molecule has 1 saturated heterocycles. The summed E-state index contributed by atoms with van der Waals surface area (Å²) < 4.78 is 16.0. The maximum absolute atomic E-state index is 13.2. The van der Waals surface area contributed by atoms with Crippen molar-refractivity contribution in [1.82, 2.24) is 4.90 Å². The van der Waals surface area contributed by atoms with E-state index in [1.165, 1.54) is 25.2 Å². The zero-order valence-electron chi connectivity index (χ0n) is 21.0. The number of Topliss-reactive ketones (excluding diaryl/α,β-unsaturated/α-hetero) is 1. The molecule has 1 atom stereocenters. The molecule has 3 rings (SSSR count). The molecule has 0 spiro atoms. The number of phenolic OH excluding ortho intramolecular Hbond substituents is 1. The molecule has 2 aromatic rings. The van der Waals surface area contributed by atoms with E-state index in [1.807, 2.05) is 27.7 Å². The van der Waals surface area contributed by atoms with E-state index in [0.717, 1.165) is 5.56 Å². The number of rotatable bonds is 8. The van der Waals surface area contributed by atoms with Crippen LogP contribution in [0.2, 0.25) is 0 Å². The largest absolute Gasteiger partial charge is 0.507 e. The molecule has 1 amide bonds. The maximum Gasteiger partial charge on any atom is 0.295 e. The predicted octanol–water partition coefficient (Wildman–Crippen LogP) is 4.17. The van der Waals surface area contributed by atoms with Crippen molar-refractivity contribution in [3.05, 3.63) is 58.7 Å². The number of ether oxygens (including phenoxy) is 3. The maximum atomic E-state index is 13.2. The molecule has 1 fully saturated rings. The molecule has 188 valence electrons. The second-order valence-electron chi connectivity index (χ2n) is 9.31. The predicted molar refractivity (Wildman–Crippen MR) is 132 cm³/mol. The lowest BCUT2D eigenvalue weighted by atomic mass is 9.84. The molecule has 35 heavy (non-hydrogen) atoms. The van der Waals surface area contributed by atoms with E-state index in [0.29, 0.717) is 23.5 Å². The van der Waals surface area contributed by atoms with Crippen LogP contribution in [0.1, 0.15) is 50.4 Å². The van der Waals surface area contributed by atoms with Crippen LogP contribution in [0.5, 0.6) is 17.2 Å². The molecule has 1 heterocycles. The Bertz CT molecular complexity index is 1150. The van der Waals surface area contributed by atoms with E-state index in [2.05, 4.69) is 0 Å². The van der Waals surface area contributed by atoms with Crippen molar-refractivity contribution in [2.24, 2.45) is 0 Å². The molecular weight excluding hydrogens is 450 g/mol. The fourth-order valence-corrected chi connectivity index (χ4v) is 4.22. The SMILES string of the molecule is CCOc1ccc(/C(O)=C2/C(=O)C(=O)N(CCOC)C2c2ccc(OC)c(O)c2)cc1C(C)(C)C. The van der Waals surface area contributed by atoms with Crippen LogP contribution >= 0.6 is 0 Å². The van der Waals surface area contributed by atoms with Crippen LogP contribution in [-0.2, 0) is 19.7 Å². The van der Waals surface area contributed by atoms with E-state index >= 15 is 0 Å². The van der Waals surface area contributed by atoms with Gasteiger partial charge in [0.15, 0.2) is 11.5 Å². The summed E-state index contributed by atoms with van der Waals surface area (Å²) in [5.74, 6) is -1.04. The molecule has 0 radical (unpaired) electrons. The smallest absolute Gasteiger partial charge is 0.295 e. The fraction of sp³-hybridized carbons (Fsp3) is 0.407. The fourth-order valence-electron chi connectivity index (χ4n) is 4.22. The second kappa shape index (κ2) is 10.4. The Balaban J connectivity index is 2.22. The van der Waals surface area contributed by atoms with E-state index in [1.54, 1.807) is 30.3 Å². The minimum Gasteiger partial charge on any atom is -0.507 e. The van der Waals surface area contributed by atoms with Crippen LogP contribution in [0.15, 0.2) is 42.0 Å². The summed E-state index contributed by atoms with van der Waals surface area (Å²) in [5.41, 5.74) is 1.36. The zero-order valence-corrected chi connectivity index (χ0v) is 21.0. The van der Waals surface area contributed by atoms with E-state index in [4.69, 9.17) is 14.2 Å². The van der Waals surface area contributed by atoms with Crippen LogP contribution in [0.25, 0.3) is 5.76 Å². The summed E-state index contributed by atoms with van der Waals surface area (Å²) in [6, 6.07) is 8.94. The van der Waals surface area contributed by atoms with Crippen LogP contribution < -0.4 is 9.47 Å². The van der Waals surface area contributed by atoms with Crippen molar-refractivity contribution in [2.75, 3.05) is 34.0 Å². The van der Waals surface area contributed by atoms with Crippen molar-refractivity contribution in [1.29, 1.82) is 0 Å². The molecule has 2 aromatic carbocycles. The molecular formula is C27H33NO7. The number of ketones is 1. The van der Waals surface area contributed by atoms with Crippen LogP contribution in [0.3, 0.4) is 0 Å². The summed E-state index contributed by atoms with van der Waals surface area (Å²) in [6.07, 6.45) is 0. The topological polar surface area (TPSA) is 106 Å². The Morgan fingerprint density at radius 1 is 1.06 bits per heavy atom. The number of hydrogen-bond donors (Lipinski definition) is 2. The Morgan fingerprint density at radius 3 is 2.31 bits per heavy atom. The van der Waals surface area contributed by atoms with Crippen molar-refractivity contribution in [2.45, 2.75) is 39.2 Å². The summed E-state index contributed by atoms with van der Waals surface area (Å²) in [6.45, 7) is 8.79. The Hall–Kier alpha value is -3.52. The molecule has 1 unspecified atom stereocenters. The lowest BCUT2D eigenvalue weighted by Gasteiger charge is -2.26. The minimum absolute atomic E-state index is 0.0558. The van der Waals surface area contributed by atoms with Crippen LogP contribution in [0, 0.1) is 0 Å². The molecule has 0 aromatic heterocycles. The highest BCUT2D eigenvalue weighted by atomic mass is 16.5. The summed E-state index contributed by atoms with van der Waals surface area (Å²) >= 11 is 0. The number of aromatic hydroxyl groups is 1. The van der Waals surface area contributed by atoms with Gasteiger partial charge in [0.1, 0.15) is 11.5 Å². The molecule has 8 nitrogen and oxygen atoms in total. The van der Waals surface area contributed by atoms with Crippen LogP contribution in [-0.4, -0.2) is 60.8 Å². The van der Waals surface area contributed by atoms with Gasteiger partial charge >= 0.3 is 0 Å². The van der Waals surface area contributed by atoms with E-state index in [-0.39, 0.29) is 41.4 Å². The Morgan fingerprint density at radius 2 is 1.74 bits per heavy atom. The minimum atomic E-state index is -0.911. The summed E-state index contributed by atoms with van der Waals surface area (Å²) in [5, 5.41) is 21.7. The number of aliphatic hydroxyl groups excluding tert-OH is 1. The molecule has 8 heteroatoms. The summed E-state index contributed by atoms with van der Waals surface area (Å²) in [4.78, 5) is 27.5. The lowest BCUT2D eigenvalue weighted by Crippen LogP contribution is -2.32. The van der Waals surface area contributed by atoms with Gasteiger partial charge in [-0.1, -0.05) is 26.8 Å². The van der Waals surface area contributed by atoms with Gasteiger partial charge in [0, 0.05) is 24.8 Å². The Labute approximate surface area is 205 Å². The normalized spacial score (nSPS) is 17.7. The van der Waals surface area contributed by atoms with Gasteiger partial charge in [-0.3, -0.25) is 9.59 Å². The number of benzene rings is 2. The highest BCUT2D eigenvalue weighted by molar-refractivity contribution is 6.46. The third-order valence-electron chi connectivity index (χ3n) is 5.96. The first-order chi connectivity index (χ1) is 16.5. The van der Waals surface area contributed by atoms with Gasteiger partial charge in [0.25, 0.3) is 11.7 Å². The molecule has 1 aliphatic heterocycles. The van der Waals surface area contributed by atoms with E-state index in [9.17, 15) is 19.8 Å². The summed E-state index contributed by atoms with van der Waals surface area (Å²) in [7, 11) is 2.93. The average Bonchev–Trinajstić information content (AvgIpc) is 3.06. The second-order valence-corrected chi connectivity index (χ2v) is 9.31. The van der Waals surface area contributed by atoms with E-state index < -0.39 is 17.7 Å². The number of likely N-dealkylation sites (tertiary alicyclic amines) is 1. The quantitative estimate of drug-likeness (QED) is 0.330. The van der Waals surface area contributed by atoms with Crippen molar-refractivity contribution in [3.8, 4) is 17.2 Å². The third kappa shape index (κ3) is 5.12. The zero-order chi connectivity index (χ0) is 25.9. The average molecular weight is 484 g/mol. The standard InChI is InChI=1S/C27H33NO7/c1-7-35-20-10-9-17(14-18(20)27(2,3)4)24(30)22-23(16-8-11-21(34-6)19(29)15-16)28(12-13-33-5)26(32)25(22)31/h8-11,14-15,23,29-30H,7,12-13H2,1-6H3/b24-22-. The van der Waals surface area contributed by atoms with Gasteiger partial charge in [-0.05, 0) is 48.2 Å². The van der Waals surface area contributed by atoms with Gasteiger partial charge in [0.2, 0.25) is 0 Å². The molecule has 0 aliphatic carbocycles. The number of carbonyl (C=O) groups excluding carboxylic acids is 2. The van der Waals surface area contributed by atoms with Gasteiger partial charge in [0.05, 0.1) is 31.9 Å². The number of phenols is 1. The Kier molecular flexibility index (Phi) is 7.75. The number of hydrogen-bond acceptors (Lipinski definition) is 7. The van der Waals surface area contributed by atoms with Gasteiger partial charge in [-0.25, -0.2) is 0 Å². The number of aliphatic hydroxyl groups is 1.